The average Bonchev–Trinajstić information content (AvgIpc) is 3.45. The van der Waals surface area contributed by atoms with Gasteiger partial charge in [0.25, 0.3) is 5.91 Å². The fraction of sp³-hybridized carbons (Fsp3) is 0.238. The SMILES string of the molecule is COc1cccc(NC(=O)N2CCCC2c2nnc(C(=O)Nc3ccc(F)cc3F)s2)c1. The minimum Gasteiger partial charge on any atom is -0.497 e. The lowest BCUT2D eigenvalue weighted by molar-refractivity contribution is 0.102. The van der Waals surface area contributed by atoms with Gasteiger partial charge in [-0.3, -0.25) is 4.79 Å². The fourth-order valence-electron chi connectivity index (χ4n) is 3.39. The summed E-state index contributed by atoms with van der Waals surface area (Å²) in [7, 11) is 1.55. The summed E-state index contributed by atoms with van der Waals surface area (Å²) in [5.74, 6) is -1.67. The second kappa shape index (κ2) is 9.27. The molecular weight excluding hydrogens is 440 g/mol. The average molecular weight is 459 g/mol. The van der Waals surface area contributed by atoms with Crippen molar-refractivity contribution in [3.05, 3.63) is 64.1 Å². The lowest BCUT2D eigenvalue weighted by Crippen LogP contribution is -2.34. The van der Waals surface area contributed by atoms with Crippen LogP contribution < -0.4 is 15.4 Å². The highest BCUT2D eigenvalue weighted by molar-refractivity contribution is 7.13. The molecule has 1 aliphatic heterocycles. The summed E-state index contributed by atoms with van der Waals surface area (Å²) in [5, 5.41) is 13.7. The van der Waals surface area contributed by atoms with Crippen molar-refractivity contribution < 1.29 is 23.1 Å². The van der Waals surface area contributed by atoms with E-state index in [4.69, 9.17) is 4.74 Å². The van der Waals surface area contributed by atoms with Gasteiger partial charge in [0.1, 0.15) is 22.4 Å². The molecule has 1 unspecified atom stereocenters. The van der Waals surface area contributed by atoms with Crippen LogP contribution in [0.1, 0.15) is 33.7 Å². The van der Waals surface area contributed by atoms with Gasteiger partial charge >= 0.3 is 6.03 Å². The predicted octanol–water partition coefficient (Wildman–Crippen LogP) is 4.45. The number of anilines is 2. The Bertz CT molecular complexity index is 1160. The van der Waals surface area contributed by atoms with Crippen molar-refractivity contribution in [3.8, 4) is 5.75 Å². The molecule has 1 saturated heterocycles. The standard InChI is InChI=1S/C21H19F2N5O3S/c1-31-14-5-2-4-13(11-14)24-21(30)28-9-3-6-17(28)19-26-27-20(32-19)18(29)25-16-8-7-12(22)10-15(16)23/h2,4-5,7-8,10-11,17H,3,6,9H2,1H3,(H,24,30)(H,25,29). The Morgan fingerprint density at radius 1 is 1.16 bits per heavy atom. The lowest BCUT2D eigenvalue weighted by atomic mass is 10.2. The number of halogens is 2. The second-order valence-electron chi connectivity index (χ2n) is 7.04. The maximum absolute atomic E-state index is 13.8. The van der Waals surface area contributed by atoms with Gasteiger partial charge in [0, 0.05) is 24.4 Å². The number of ether oxygens (including phenoxy) is 1. The number of methoxy groups -OCH3 is 1. The molecule has 0 radical (unpaired) electrons. The first-order valence-electron chi connectivity index (χ1n) is 9.76. The highest BCUT2D eigenvalue weighted by atomic mass is 32.1. The van der Waals surface area contributed by atoms with Crippen molar-refractivity contribution in [2.24, 2.45) is 0 Å². The van der Waals surface area contributed by atoms with Crippen LogP contribution in [0.25, 0.3) is 0 Å². The first-order valence-corrected chi connectivity index (χ1v) is 10.6. The summed E-state index contributed by atoms with van der Waals surface area (Å²) in [6.07, 6.45) is 1.45. The number of hydrogen-bond acceptors (Lipinski definition) is 6. The molecule has 0 aliphatic carbocycles. The smallest absolute Gasteiger partial charge is 0.322 e. The molecule has 166 valence electrons. The molecule has 3 amide bonds. The second-order valence-corrected chi connectivity index (χ2v) is 8.05. The summed E-state index contributed by atoms with van der Waals surface area (Å²) < 4.78 is 32.0. The monoisotopic (exact) mass is 459 g/mol. The van der Waals surface area contributed by atoms with Crippen LogP contribution in [0.5, 0.6) is 5.75 Å². The van der Waals surface area contributed by atoms with E-state index in [1.54, 1.807) is 36.3 Å². The van der Waals surface area contributed by atoms with E-state index in [-0.39, 0.29) is 22.8 Å². The Hall–Kier alpha value is -3.60. The third-order valence-electron chi connectivity index (χ3n) is 4.93. The van der Waals surface area contributed by atoms with E-state index in [2.05, 4.69) is 20.8 Å². The molecule has 1 atom stereocenters. The number of rotatable bonds is 5. The quantitative estimate of drug-likeness (QED) is 0.588. The summed E-state index contributed by atoms with van der Waals surface area (Å²) in [6, 6.07) is 9.25. The van der Waals surface area contributed by atoms with Crippen molar-refractivity contribution in [1.82, 2.24) is 15.1 Å². The Morgan fingerprint density at radius 3 is 2.78 bits per heavy atom. The van der Waals surface area contributed by atoms with E-state index in [9.17, 15) is 18.4 Å². The van der Waals surface area contributed by atoms with Crippen LogP contribution in [-0.2, 0) is 0 Å². The first kappa shape index (κ1) is 21.6. The summed E-state index contributed by atoms with van der Waals surface area (Å²) in [6.45, 7) is 0.530. The van der Waals surface area contributed by atoms with Gasteiger partial charge in [0.2, 0.25) is 5.01 Å². The number of carbonyl (C=O) groups is 2. The number of amides is 3. The number of benzene rings is 2. The molecule has 11 heteroatoms. The van der Waals surface area contributed by atoms with Crippen LogP contribution in [0.15, 0.2) is 42.5 Å². The molecule has 8 nitrogen and oxygen atoms in total. The number of aromatic nitrogens is 2. The van der Waals surface area contributed by atoms with Gasteiger partial charge in [-0.25, -0.2) is 13.6 Å². The molecule has 3 aromatic rings. The normalized spacial score (nSPS) is 15.5. The molecule has 0 spiro atoms. The molecule has 2 N–H and O–H groups in total. The van der Waals surface area contributed by atoms with Gasteiger partial charge in [0.05, 0.1) is 18.8 Å². The summed E-state index contributed by atoms with van der Waals surface area (Å²) in [4.78, 5) is 26.9. The zero-order valence-corrected chi connectivity index (χ0v) is 17.8. The Labute approximate surface area is 186 Å². The topological polar surface area (TPSA) is 96.4 Å². The van der Waals surface area contributed by atoms with E-state index >= 15 is 0 Å². The number of hydrogen-bond donors (Lipinski definition) is 2. The minimum atomic E-state index is -0.890. The molecule has 0 bridgehead atoms. The van der Waals surface area contributed by atoms with E-state index in [0.29, 0.717) is 35.5 Å². The van der Waals surface area contributed by atoms with E-state index in [0.717, 1.165) is 29.9 Å². The van der Waals surface area contributed by atoms with Crippen LogP contribution in [0.3, 0.4) is 0 Å². The van der Waals surface area contributed by atoms with Crippen molar-refractivity contribution in [2.75, 3.05) is 24.3 Å². The highest BCUT2D eigenvalue weighted by Gasteiger charge is 2.33. The number of carbonyl (C=O) groups excluding carboxylic acids is 2. The Kier molecular flexibility index (Phi) is 6.26. The summed E-state index contributed by atoms with van der Waals surface area (Å²) >= 11 is 1.03. The van der Waals surface area contributed by atoms with Crippen molar-refractivity contribution in [1.29, 1.82) is 0 Å². The largest absolute Gasteiger partial charge is 0.497 e. The number of likely N-dealkylation sites (tertiary alicyclic amines) is 1. The van der Waals surface area contributed by atoms with Crippen molar-refractivity contribution in [3.63, 3.8) is 0 Å². The molecule has 1 aliphatic rings. The zero-order chi connectivity index (χ0) is 22.7. The Morgan fingerprint density at radius 2 is 2.00 bits per heavy atom. The van der Waals surface area contributed by atoms with Crippen LogP contribution in [0.2, 0.25) is 0 Å². The van der Waals surface area contributed by atoms with E-state index in [1.165, 1.54) is 0 Å². The third-order valence-corrected chi connectivity index (χ3v) is 5.96. The Balaban J connectivity index is 1.45. The van der Waals surface area contributed by atoms with Crippen LogP contribution >= 0.6 is 11.3 Å². The number of nitrogens with one attached hydrogen (secondary N) is 2. The zero-order valence-electron chi connectivity index (χ0n) is 17.0. The summed E-state index contributed by atoms with van der Waals surface area (Å²) in [5.41, 5.74) is 0.437. The van der Waals surface area contributed by atoms with Gasteiger partial charge in [-0.1, -0.05) is 17.4 Å². The number of urea groups is 1. The fourth-order valence-corrected chi connectivity index (χ4v) is 4.28. The first-order chi connectivity index (χ1) is 15.4. The molecule has 1 aromatic heterocycles. The van der Waals surface area contributed by atoms with Gasteiger partial charge in [0.15, 0.2) is 0 Å². The predicted molar refractivity (Wildman–Crippen MR) is 115 cm³/mol. The van der Waals surface area contributed by atoms with E-state index < -0.39 is 17.5 Å². The van der Waals surface area contributed by atoms with Gasteiger partial charge < -0.3 is 20.3 Å². The highest BCUT2D eigenvalue weighted by Crippen LogP contribution is 2.34. The van der Waals surface area contributed by atoms with E-state index in [1.807, 2.05) is 0 Å². The van der Waals surface area contributed by atoms with Crippen LogP contribution in [-0.4, -0.2) is 40.7 Å². The lowest BCUT2D eigenvalue weighted by Gasteiger charge is -2.23. The molecular formula is C21H19F2N5O3S. The van der Waals surface area contributed by atoms with Crippen LogP contribution in [0.4, 0.5) is 25.0 Å². The molecule has 2 aromatic carbocycles. The molecule has 1 fully saturated rings. The minimum absolute atomic E-state index is 0.0174. The van der Waals surface area contributed by atoms with Gasteiger partial charge in [-0.05, 0) is 37.1 Å². The molecule has 0 saturated carbocycles. The third kappa shape index (κ3) is 4.67. The molecule has 32 heavy (non-hydrogen) atoms. The van der Waals surface area contributed by atoms with Crippen molar-refractivity contribution >= 4 is 34.6 Å². The van der Waals surface area contributed by atoms with Crippen molar-refractivity contribution in [2.45, 2.75) is 18.9 Å². The number of nitrogens with zero attached hydrogens (tertiary/aromatic N) is 3. The van der Waals surface area contributed by atoms with Gasteiger partial charge in [-0.2, -0.15) is 0 Å². The maximum atomic E-state index is 13.8. The molecule has 2 heterocycles. The van der Waals surface area contributed by atoms with Crippen LogP contribution in [0, 0.1) is 11.6 Å². The molecule has 4 rings (SSSR count). The maximum Gasteiger partial charge on any atom is 0.322 e. The van der Waals surface area contributed by atoms with Gasteiger partial charge in [-0.15, -0.1) is 10.2 Å².